The number of carbonyl (C=O) groups excluding carboxylic acids is 2. The highest BCUT2D eigenvalue weighted by molar-refractivity contribution is 6.30. The fourth-order valence-corrected chi connectivity index (χ4v) is 1.59. The Morgan fingerprint density at radius 1 is 1.42 bits per heavy atom. The summed E-state index contributed by atoms with van der Waals surface area (Å²) >= 11 is 5.75. The molecule has 1 atom stereocenters. The number of hydrogen-bond acceptors (Lipinski definition) is 4. The average molecular weight is 285 g/mol. The molecule has 1 aromatic carbocycles. The van der Waals surface area contributed by atoms with Gasteiger partial charge in [-0.25, -0.2) is 0 Å². The van der Waals surface area contributed by atoms with Crippen molar-refractivity contribution in [2.24, 2.45) is 0 Å². The van der Waals surface area contributed by atoms with Crippen molar-refractivity contribution in [1.82, 2.24) is 5.32 Å². The molecule has 5 nitrogen and oxygen atoms in total. The van der Waals surface area contributed by atoms with Crippen molar-refractivity contribution in [2.75, 3.05) is 32.6 Å². The van der Waals surface area contributed by atoms with Crippen LogP contribution in [0.5, 0.6) is 0 Å². The number of halogens is 1. The standard InChI is InChI=1S/C13H17ClN2O3/c1-16(2)10-6-4-5-9(7-10)12(17)15-8-11(14)13(18)19-3/h4-7,11H,8H2,1-3H3,(H,15,17). The van der Waals surface area contributed by atoms with Gasteiger partial charge in [-0.1, -0.05) is 6.07 Å². The lowest BCUT2D eigenvalue weighted by atomic mass is 10.2. The van der Waals surface area contributed by atoms with Crippen LogP contribution in [0.1, 0.15) is 10.4 Å². The summed E-state index contributed by atoms with van der Waals surface area (Å²) in [5, 5.41) is 1.71. The van der Waals surface area contributed by atoms with Gasteiger partial charge in [-0.3, -0.25) is 9.59 Å². The summed E-state index contributed by atoms with van der Waals surface area (Å²) in [5.74, 6) is -0.845. The van der Waals surface area contributed by atoms with Crippen LogP contribution in [0.3, 0.4) is 0 Å². The van der Waals surface area contributed by atoms with Crippen molar-refractivity contribution in [3.05, 3.63) is 29.8 Å². The Balaban J connectivity index is 2.63. The van der Waals surface area contributed by atoms with E-state index in [0.29, 0.717) is 5.56 Å². The van der Waals surface area contributed by atoms with Crippen molar-refractivity contribution < 1.29 is 14.3 Å². The summed E-state index contributed by atoms with van der Waals surface area (Å²) in [6.07, 6.45) is 0. The number of alkyl halides is 1. The summed E-state index contributed by atoms with van der Waals surface area (Å²) in [5.41, 5.74) is 1.43. The highest BCUT2D eigenvalue weighted by Crippen LogP contribution is 2.13. The molecule has 0 aromatic heterocycles. The zero-order chi connectivity index (χ0) is 14.4. The number of carbonyl (C=O) groups is 2. The SMILES string of the molecule is COC(=O)C(Cl)CNC(=O)c1cccc(N(C)C)c1. The lowest BCUT2D eigenvalue weighted by Crippen LogP contribution is -2.34. The molecule has 0 saturated heterocycles. The molecule has 0 bridgehead atoms. The summed E-state index contributed by atoms with van der Waals surface area (Å²) < 4.78 is 4.47. The van der Waals surface area contributed by atoms with Gasteiger partial charge in [0.05, 0.1) is 7.11 Å². The molecule has 0 radical (unpaired) electrons. The topological polar surface area (TPSA) is 58.6 Å². The normalized spacial score (nSPS) is 11.6. The van der Waals surface area contributed by atoms with E-state index >= 15 is 0 Å². The molecule has 6 heteroatoms. The van der Waals surface area contributed by atoms with Crippen LogP contribution in [-0.4, -0.2) is 45.0 Å². The molecule has 0 spiro atoms. The Labute approximate surface area is 117 Å². The van der Waals surface area contributed by atoms with Gasteiger partial charge in [-0.2, -0.15) is 0 Å². The van der Waals surface area contributed by atoms with Gasteiger partial charge >= 0.3 is 5.97 Å². The third-order valence-electron chi connectivity index (χ3n) is 2.52. The van der Waals surface area contributed by atoms with Crippen LogP contribution in [0.15, 0.2) is 24.3 Å². The number of methoxy groups -OCH3 is 1. The number of ether oxygens (including phenoxy) is 1. The molecule has 0 fully saturated rings. The van der Waals surface area contributed by atoms with Crippen molar-refractivity contribution >= 4 is 29.2 Å². The van der Waals surface area contributed by atoms with Gasteiger partial charge < -0.3 is 15.0 Å². The molecule has 0 aliphatic carbocycles. The predicted molar refractivity (Wildman–Crippen MR) is 74.8 cm³/mol. The minimum absolute atomic E-state index is 0.0270. The predicted octanol–water partition coefficient (Wildman–Crippen LogP) is 1.26. The van der Waals surface area contributed by atoms with Crippen LogP contribution in [0.25, 0.3) is 0 Å². The number of amides is 1. The molecule has 0 saturated carbocycles. The molecular weight excluding hydrogens is 268 g/mol. The first-order chi connectivity index (χ1) is 8.95. The number of nitrogens with one attached hydrogen (secondary N) is 1. The van der Waals surface area contributed by atoms with E-state index in [-0.39, 0.29) is 12.5 Å². The first-order valence-corrected chi connectivity index (χ1v) is 6.17. The van der Waals surface area contributed by atoms with E-state index in [0.717, 1.165) is 5.69 Å². The van der Waals surface area contributed by atoms with Crippen LogP contribution in [0, 0.1) is 0 Å². The van der Waals surface area contributed by atoms with Crippen LogP contribution in [0.2, 0.25) is 0 Å². The third kappa shape index (κ3) is 4.44. The highest BCUT2D eigenvalue weighted by Gasteiger charge is 2.17. The Bertz CT molecular complexity index is 463. The van der Waals surface area contributed by atoms with E-state index in [4.69, 9.17) is 11.6 Å². The van der Waals surface area contributed by atoms with Crippen LogP contribution in [-0.2, 0) is 9.53 Å². The number of nitrogens with zero attached hydrogens (tertiary/aromatic N) is 1. The van der Waals surface area contributed by atoms with E-state index < -0.39 is 11.3 Å². The van der Waals surface area contributed by atoms with Gasteiger partial charge in [0.2, 0.25) is 0 Å². The number of benzene rings is 1. The zero-order valence-electron chi connectivity index (χ0n) is 11.1. The second-order valence-electron chi connectivity index (χ2n) is 4.15. The van der Waals surface area contributed by atoms with Crippen LogP contribution >= 0.6 is 11.6 Å². The van der Waals surface area contributed by atoms with Gasteiger partial charge in [0.25, 0.3) is 5.91 Å². The zero-order valence-corrected chi connectivity index (χ0v) is 11.9. The van der Waals surface area contributed by atoms with Gasteiger partial charge in [0.1, 0.15) is 5.38 Å². The van der Waals surface area contributed by atoms with E-state index in [1.807, 2.05) is 25.1 Å². The summed E-state index contributed by atoms with van der Waals surface area (Å²) in [4.78, 5) is 24.9. The van der Waals surface area contributed by atoms with Crippen molar-refractivity contribution in [3.63, 3.8) is 0 Å². The van der Waals surface area contributed by atoms with E-state index in [9.17, 15) is 9.59 Å². The average Bonchev–Trinajstić information content (AvgIpc) is 2.43. The number of hydrogen-bond donors (Lipinski definition) is 1. The Kier molecular flexibility index (Phi) is 5.63. The smallest absolute Gasteiger partial charge is 0.325 e. The maximum absolute atomic E-state index is 11.9. The van der Waals surface area contributed by atoms with Gasteiger partial charge in [-0.15, -0.1) is 11.6 Å². The summed E-state index contributed by atoms with van der Waals surface area (Å²) in [6, 6.07) is 7.15. The molecule has 1 N–H and O–H groups in total. The Morgan fingerprint density at radius 2 is 2.11 bits per heavy atom. The van der Waals surface area contributed by atoms with Gasteiger partial charge in [0.15, 0.2) is 0 Å². The third-order valence-corrected chi connectivity index (χ3v) is 2.86. The van der Waals surface area contributed by atoms with Crippen LogP contribution < -0.4 is 10.2 Å². The van der Waals surface area contributed by atoms with E-state index in [1.165, 1.54) is 7.11 Å². The lowest BCUT2D eigenvalue weighted by Gasteiger charge is -2.14. The summed E-state index contributed by atoms with van der Waals surface area (Å²) in [6.45, 7) is 0.0270. The maximum atomic E-state index is 11.9. The largest absolute Gasteiger partial charge is 0.468 e. The minimum Gasteiger partial charge on any atom is -0.468 e. The first-order valence-electron chi connectivity index (χ1n) is 5.73. The highest BCUT2D eigenvalue weighted by atomic mass is 35.5. The molecule has 1 rings (SSSR count). The maximum Gasteiger partial charge on any atom is 0.325 e. The number of esters is 1. The molecule has 104 valence electrons. The molecule has 0 aliphatic heterocycles. The fourth-order valence-electron chi connectivity index (χ4n) is 1.42. The monoisotopic (exact) mass is 284 g/mol. The van der Waals surface area contributed by atoms with Crippen molar-refractivity contribution in [1.29, 1.82) is 0 Å². The van der Waals surface area contributed by atoms with E-state index in [1.54, 1.807) is 18.2 Å². The molecule has 1 aromatic rings. The molecule has 0 aliphatic rings. The first kappa shape index (κ1) is 15.3. The Morgan fingerprint density at radius 3 is 2.68 bits per heavy atom. The second-order valence-corrected chi connectivity index (χ2v) is 4.67. The van der Waals surface area contributed by atoms with Crippen molar-refractivity contribution in [3.8, 4) is 0 Å². The summed E-state index contributed by atoms with van der Waals surface area (Å²) in [7, 11) is 5.03. The lowest BCUT2D eigenvalue weighted by molar-refractivity contribution is -0.140. The van der Waals surface area contributed by atoms with Crippen molar-refractivity contribution in [2.45, 2.75) is 5.38 Å². The minimum atomic E-state index is -0.883. The number of anilines is 1. The Hall–Kier alpha value is -1.75. The van der Waals surface area contributed by atoms with E-state index in [2.05, 4.69) is 10.1 Å². The molecule has 1 unspecified atom stereocenters. The van der Waals surface area contributed by atoms with Gasteiger partial charge in [0, 0.05) is 31.9 Å². The number of rotatable bonds is 5. The van der Waals surface area contributed by atoms with Gasteiger partial charge in [-0.05, 0) is 18.2 Å². The second kappa shape index (κ2) is 6.99. The molecule has 19 heavy (non-hydrogen) atoms. The fraction of sp³-hybridized carbons (Fsp3) is 0.385. The van der Waals surface area contributed by atoms with Crippen LogP contribution in [0.4, 0.5) is 5.69 Å². The quantitative estimate of drug-likeness (QED) is 0.653. The molecular formula is C13H17ClN2O3. The molecule has 0 heterocycles. The molecule has 1 amide bonds.